The third kappa shape index (κ3) is 5.50. The van der Waals surface area contributed by atoms with Crippen LogP contribution in [-0.4, -0.2) is 35.4 Å². The van der Waals surface area contributed by atoms with E-state index in [4.69, 9.17) is 0 Å². The van der Waals surface area contributed by atoms with E-state index in [1.54, 1.807) is 12.3 Å². The Morgan fingerprint density at radius 2 is 2.07 bits per heavy atom. The van der Waals surface area contributed by atoms with Gasteiger partial charge in [0.15, 0.2) is 0 Å². The molecular weight excluding hydrogens is 352 g/mol. The number of nitrogens with one attached hydrogen (secondary N) is 2. The lowest BCUT2D eigenvalue weighted by molar-refractivity contribution is -0.384. The highest BCUT2D eigenvalue weighted by Crippen LogP contribution is 2.28. The molecule has 27 heavy (non-hydrogen) atoms. The second kappa shape index (κ2) is 9.27. The number of hydrogen-bond acceptors (Lipinski definition) is 7. The standard InChI is InChI=1S/C18H20N4O5/c1-12(14-5-3-4-9-19-14)21-15-7-6-13(11-16(15)22(25)26)18(24)20-10-8-17(23)27-2/h3-7,9,11-12,21H,8,10H2,1-2H3,(H,20,24)/t12-/m1/s1. The first-order valence-electron chi connectivity index (χ1n) is 8.23. The Hall–Kier alpha value is -3.49. The molecule has 9 heteroatoms. The van der Waals surface area contributed by atoms with Gasteiger partial charge in [-0.15, -0.1) is 0 Å². The van der Waals surface area contributed by atoms with Crippen LogP contribution in [0.15, 0.2) is 42.6 Å². The van der Waals surface area contributed by atoms with E-state index >= 15 is 0 Å². The quantitative estimate of drug-likeness (QED) is 0.414. The number of ether oxygens (including phenoxy) is 1. The number of nitrogens with zero attached hydrogens (tertiary/aromatic N) is 2. The van der Waals surface area contributed by atoms with Gasteiger partial charge in [-0.3, -0.25) is 24.7 Å². The normalized spacial score (nSPS) is 11.3. The Labute approximate surface area is 155 Å². The van der Waals surface area contributed by atoms with Crippen molar-refractivity contribution < 1.29 is 19.2 Å². The average molecular weight is 372 g/mol. The Morgan fingerprint density at radius 3 is 2.70 bits per heavy atom. The number of methoxy groups -OCH3 is 1. The van der Waals surface area contributed by atoms with Crippen LogP contribution in [0.1, 0.15) is 35.4 Å². The van der Waals surface area contributed by atoms with Crippen molar-refractivity contribution in [2.24, 2.45) is 0 Å². The summed E-state index contributed by atoms with van der Waals surface area (Å²) in [5.74, 6) is -0.962. The molecule has 2 N–H and O–H groups in total. The molecule has 0 aliphatic carbocycles. The largest absolute Gasteiger partial charge is 0.469 e. The summed E-state index contributed by atoms with van der Waals surface area (Å²) in [5, 5.41) is 17.0. The Balaban J connectivity index is 2.13. The summed E-state index contributed by atoms with van der Waals surface area (Å²) in [5.41, 5.74) is 0.918. The van der Waals surface area contributed by atoms with Crippen molar-refractivity contribution in [3.05, 3.63) is 64.0 Å². The van der Waals surface area contributed by atoms with Crippen LogP contribution in [0.5, 0.6) is 0 Å². The SMILES string of the molecule is COC(=O)CCNC(=O)c1ccc(N[C@H](C)c2ccccn2)c([N+](=O)[O-])c1. The highest BCUT2D eigenvalue weighted by atomic mass is 16.6. The van der Waals surface area contributed by atoms with Crippen molar-refractivity contribution in [1.82, 2.24) is 10.3 Å². The molecule has 1 aromatic carbocycles. The molecule has 0 saturated carbocycles. The molecule has 142 valence electrons. The zero-order valence-electron chi connectivity index (χ0n) is 15.0. The first-order valence-corrected chi connectivity index (χ1v) is 8.23. The molecule has 0 aliphatic heterocycles. The van der Waals surface area contributed by atoms with Gasteiger partial charge in [-0.25, -0.2) is 0 Å². The fourth-order valence-corrected chi connectivity index (χ4v) is 2.37. The number of nitro groups is 1. The van der Waals surface area contributed by atoms with E-state index in [0.29, 0.717) is 0 Å². The zero-order valence-corrected chi connectivity index (χ0v) is 15.0. The number of rotatable bonds is 8. The van der Waals surface area contributed by atoms with Gasteiger partial charge < -0.3 is 15.4 Å². The number of aromatic nitrogens is 1. The van der Waals surface area contributed by atoms with Crippen molar-refractivity contribution in [1.29, 1.82) is 0 Å². The van der Waals surface area contributed by atoms with E-state index < -0.39 is 16.8 Å². The summed E-state index contributed by atoms with van der Waals surface area (Å²) in [6.45, 7) is 1.91. The van der Waals surface area contributed by atoms with Gasteiger partial charge in [0.1, 0.15) is 5.69 Å². The Bertz CT molecular complexity index is 826. The molecule has 1 heterocycles. The topological polar surface area (TPSA) is 123 Å². The second-order valence-corrected chi connectivity index (χ2v) is 5.69. The number of carbonyl (C=O) groups is 2. The molecule has 0 unspecified atom stereocenters. The maximum Gasteiger partial charge on any atom is 0.307 e. The smallest absolute Gasteiger partial charge is 0.307 e. The number of hydrogen-bond donors (Lipinski definition) is 2. The van der Waals surface area contributed by atoms with E-state index in [2.05, 4.69) is 20.4 Å². The van der Waals surface area contributed by atoms with Gasteiger partial charge in [0.2, 0.25) is 0 Å². The molecule has 0 bridgehead atoms. The zero-order chi connectivity index (χ0) is 19.8. The predicted octanol–water partition coefficient (Wildman–Crippen LogP) is 2.46. The van der Waals surface area contributed by atoms with Crippen LogP contribution in [0.25, 0.3) is 0 Å². The summed E-state index contributed by atoms with van der Waals surface area (Å²) in [7, 11) is 1.26. The fraction of sp³-hybridized carbons (Fsp3) is 0.278. The molecule has 1 aromatic heterocycles. The molecule has 0 radical (unpaired) electrons. The minimum atomic E-state index is -0.557. The molecule has 0 saturated heterocycles. The van der Waals surface area contributed by atoms with Gasteiger partial charge in [0, 0.05) is 24.4 Å². The number of anilines is 1. The fourth-order valence-electron chi connectivity index (χ4n) is 2.37. The van der Waals surface area contributed by atoms with Crippen molar-refractivity contribution in [2.45, 2.75) is 19.4 Å². The molecule has 9 nitrogen and oxygen atoms in total. The van der Waals surface area contributed by atoms with Crippen molar-refractivity contribution >= 4 is 23.3 Å². The minimum absolute atomic E-state index is 0.0194. The van der Waals surface area contributed by atoms with Gasteiger partial charge >= 0.3 is 5.97 Å². The van der Waals surface area contributed by atoms with Gasteiger partial charge in [0.25, 0.3) is 11.6 Å². The van der Waals surface area contributed by atoms with Gasteiger partial charge in [-0.1, -0.05) is 6.07 Å². The summed E-state index contributed by atoms with van der Waals surface area (Å²) < 4.78 is 4.48. The van der Waals surface area contributed by atoms with Crippen LogP contribution < -0.4 is 10.6 Å². The van der Waals surface area contributed by atoms with Crippen LogP contribution in [0, 0.1) is 10.1 Å². The van der Waals surface area contributed by atoms with E-state index in [1.807, 2.05) is 19.1 Å². The van der Waals surface area contributed by atoms with Crippen molar-refractivity contribution in [2.75, 3.05) is 19.0 Å². The third-order valence-corrected chi connectivity index (χ3v) is 3.80. The van der Waals surface area contributed by atoms with Gasteiger partial charge in [-0.2, -0.15) is 0 Å². The van der Waals surface area contributed by atoms with E-state index in [1.165, 1.54) is 25.3 Å². The minimum Gasteiger partial charge on any atom is -0.469 e. The van der Waals surface area contributed by atoms with Crippen LogP contribution in [0.3, 0.4) is 0 Å². The Kier molecular flexibility index (Phi) is 6.81. The van der Waals surface area contributed by atoms with Gasteiger partial charge in [0.05, 0.1) is 30.2 Å². The van der Waals surface area contributed by atoms with Crippen LogP contribution in [0.2, 0.25) is 0 Å². The number of carbonyl (C=O) groups excluding carboxylic acids is 2. The van der Waals surface area contributed by atoms with Gasteiger partial charge in [-0.05, 0) is 31.2 Å². The highest BCUT2D eigenvalue weighted by molar-refractivity contribution is 5.95. The molecular formula is C18H20N4O5. The summed E-state index contributed by atoms with van der Waals surface area (Å²) in [6, 6.07) is 9.32. The van der Waals surface area contributed by atoms with Crippen LogP contribution >= 0.6 is 0 Å². The molecule has 2 aromatic rings. The number of amides is 1. The lowest BCUT2D eigenvalue weighted by atomic mass is 10.1. The van der Waals surface area contributed by atoms with E-state index in [-0.39, 0.29) is 35.9 Å². The molecule has 0 aliphatic rings. The third-order valence-electron chi connectivity index (χ3n) is 3.80. The molecule has 0 spiro atoms. The number of esters is 1. The lowest BCUT2D eigenvalue weighted by Crippen LogP contribution is -2.26. The average Bonchev–Trinajstić information content (AvgIpc) is 2.68. The van der Waals surface area contributed by atoms with E-state index in [9.17, 15) is 19.7 Å². The van der Waals surface area contributed by atoms with Crippen LogP contribution in [0.4, 0.5) is 11.4 Å². The molecule has 2 rings (SSSR count). The van der Waals surface area contributed by atoms with E-state index in [0.717, 1.165) is 5.69 Å². The first kappa shape index (κ1) is 19.8. The summed E-state index contributed by atoms with van der Waals surface area (Å²) in [6.07, 6.45) is 1.66. The molecule has 1 amide bonds. The lowest BCUT2D eigenvalue weighted by Gasteiger charge is -2.15. The summed E-state index contributed by atoms with van der Waals surface area (Å²) >= 11 is 0. The van der Waals surface area contributed by atoms with Crippen molar-refractivity contribution in [3.8, 4) is 0 Å². The highest BCUT2D eigenvalue weighted by Gasteiger charge is 2.19. The molecule has 1 atom stereocenters. The van der Waals surface area contributed by atoms with Crippen LogP contribution in [-0.2, 0) is 9.53 Å². The number of pyridine rings is 1. The maximum absolute atomic E-state index is 12.1. The molecule has 0 fully saturated rings. The predicted molar refractivity (Wildman–Crippen MR) is 98.3 cm³/mol. The van der Waals surface area contributed by atoms with Crippen molar-refractivity contribution in [3.63, 3.8) is 0 Å². The number of benzene rings is 1. The monoisotopic (exact) mass is 372 g/mol. The summed E-state index contributed by atoms with van der Waals surface area (Å²) in [4.78, 5) is 38.3. The Morgan fingerprint density at radius 1 is 1.30 bits per heavy atom. The number of nitro benzene ring substituents is 1. The second-order valence-electron chi connectivity index (χ2n) is 5.69. The maximum atomic E-state index is 12.1. The first-order chi connectivity index (χ1) is 12.9.